The molecule has 1 rings (SSSR count). The van der Waals surface area contributed by atoms with Crippen molar-refractivity contribution in [2.75, 3.05) is 13.6 Å². The van der Waals surface area contributed by atoms with Crippen LogP contribution in [0, 0.1) is 0 Å². The van der Waals surface area contributed by atoms with Crippen LogP contribution in [-0.4, -0.2) is 19.6 Å². The molecular formula is C12H16ClNO2. The van der Waals surface area contributed by atoms with E-state index >= 15 is 0 Å². The number of nitrogens with one attached hydrogen (secondary N) is 1. The van der Waals surface area contributed by atoms with Crippen molar-refractivity contribution in [1.29, 1.82) is 0 Å². The van der Waals surface area contributed by atoms with Crippen LogP contribution in [0.2, 0.25) is 5.02 Å². The molecule has 1 N–H and O–H groups in total. The monoisotopic (exact) mass is 241 g/mol. The quantitative estimate of drug-likeness (QED) is 0.806. The molecular weight excluding hydrogens is 226 g/mol. The Labute approximate surface area is 101 Å². The van der Waals surface area contributed by atoms with Gasteiger partial charge >= 0.3 is 5.97 Å². The third-order valence-corrected chi connectivity index (χ3v) is 2.46. The van der Waals surface area contributed by atoms with Gasteiger partial charge in [0.1, 0.15) is 6.10 Å². The number of esters is 1. The van der Waals surface area contributed by atoms with E-state index in [1.807, 2.05) is 19.2 Å². The molecule has 1 unspecified atom stereocenters. The number of benzene rings is 1. The van der Waals surface area contributed by atoms with Crippen molar-refractivity contribution >= 4 is 17.6 Å². The van der Waals surface area contributed by atoms with Gasteiger partial charge < -0.3 is 10.1 Å². The molecule has 16 heavy (non-hydrogen) atoms. The molecule has 0 amide bonds. The van der Waals surface area contributed by atoms with Crippen LogP contribution in [0.15, 0.2) is 24.3 Å². The van der Waals surface area contributed by atoms with Gasteiger partial charge in [0.05, 0.1) is 0 Å². The Morgan fingerprint density at radius 1 is 1.44 bits per heavy atom. The standard InChI is InChI=1S/C12H16ClNO2/c1-9(15)16-12(7-8-14-2)10-3-5-11(13)6-4-10/h3-6,12,14H,7-8H2,1-2H3. The largest absolute Gasteiger partial charge is 0.458 e. The van der Waals surface area contributed by atoms with Crippen LogP contribution in [0.1, 0.15) is 25.0 Å². The van der Waals surface area contributed by atoms with Gasteiger partial charge in [-0.25, -0.2) is 0 Å². The maximum Gasteiger partial charge on any atom is 0.303 e. The van der Waals surface area contributed by atoms with Gasteiger partial charge in [-0.3, -0.25) is 4.79 Å². The molecule has 88 valence electrons. The van der Waals surface area contributed by atoms with Crippen LogP contribution in [0.4, 0.5) is 0 Å². The molecule has 1 aromatic carbocycles. The lowest BCUT2D eigenvalue weighted by Crippen LogP contribution is -2.16. The highest BCUT2D eigenvalue weighted by atomic mass is 35.5. The molecule has 0 aliphatic heterocycles. The number of rotatable bonds is 5. The number of halogens is 1. The lowest BCUT2D eigenvalue weighted by atomic mass is 10.1. The maximum absolute atomic E-state index is 11.0. The second-order valence-electron chi connectivity index (χ2n) is 3.54. The predicted molar refractivity (Wildman–Crippen MR) is 64.5 cm³/mol. The summed E-state index contributed by atoms with van der Waals surface area (Å²) in [4.78, 5) is 11.0. The van der Waals surface area contributed by atoms with E-state index in [2.05, 4.69) is 5.32 Å². The highest BCUT2D eigenvalue weighted by Crippen LogP contribution is 2.22. The summed E-state index contributed by atoms with van der Waals surface area (Å²) in [6.07, 6.45) is 0.541. The number of hydrogen-bond acceptors (Lipinski definition) is 3. The van der Waals surface area contributed by atoms with E-state index in [1.54, 1.807) is 12.1 Å². The maximum atomic E-state index is 11.0. The van der Waals surface area contributed by atoms with Crippen LogP contribution in [0.3, 0.4) is 0 Å². The highest BCUT2D eigenvalue weighted by Gasteiger charge is 2.13. The number of carbonyl (C=O) groups excluding carboxylic acids is 1. The van der Waals surface area contributed by atoms with Crippen molar-refractivity contribution in [1.82, 2.24) is 5.32 Å². The first-order valence-electron chi connectivity index (χ1n) is 5.20. The zero-order valence-corrected chi connectivity index (χ0v) is 10.3. The number of ether oxygens (including phenoxy) is 1. The first-order valence-corrected chi connectivity index (χ1v) is 5.58. The molecule has 0 aliphatic rings. The average molecular weight is 242 g/mol. The summed E-state index contributed by atoms with van der Waals surface area (Å²) in [6, 6.07) is 7.36. The van der Waals surface area contributed by atoms with E-state index in [0.29, 0.717) is 5.02 Å². The van der Waals surface area contributed by atoms with Gasteiger partial charge in [0.15, 0.2) is 0 Å². The minimum Gasteiger partial charge on any atom is -0.458 e. The van der Waals surface area contributed by atoms with E-state index in [9.17, 15) is 4.79 Å². The second kappa shape index (κ2) is 6.51. The Bertz CT molecular complexity index is 337. The summed E-state index contributed by atoms with van der Waals surface area (Å²) in [7, 11) is 1.87. The van der Waals surface area contributed by atoms with Crippen molar-refractivity contribution < 1.29 is 9.53 Å². The van der Waals surface area contributed by atoms with E-state index in [0.717, 1.165) is 18.5 Å². The lowest BCUT2D eigenvalue weighted by molar-refractivity contribution is -0.147. The van der Waals surface area contributed by atoms with Gasteiger partial charge in [0, 0.05) is 18.4 Å². The molecule has 0 heterocycles. The van der Waals surface area contributed by atoms with Crippen molar-refractivity contribution in [3.05, 3.63) is 34.9 Å². The zero-order chi connectivity index (χ0) is 12.0. The van der Waals surface area contributed by atoms with Crippen molar-refractivity contribution in [2.45, 2.75) is 19.4 Å². The molecule has 4 heteroatoms. The average Bonchev–Trinajstić information content (AvgIpc) is 2.25. The van der Waals surface area contributed by atoms with Crippen LogP contribution in [0.25, 0.3) is 0 Å². The molecule has 0 saturated carbocycles. The molecule has 1 atom stereocenters. The molecule has 0 fully saturated rings. The fraction of sp³-hybridized carbons (Fsp3) is 0.417. The zero-order valence-electron chi connectivity index (χ0n) is 9.50. The van der Waals surface area contributed by atoms with Gasteiger partial charge in [0.2, 0.25) is 0 Å². The van der Waals surface area contributed by atoms with E-state index in [-0.39, 0.29) is 12.1 Å². The van der Waals surface area contributed by atoms with E-state index in [1.165, 1.54) is 6.92 Å². The lowest BCUT2D eigenvalue weighted by Gasteiger charge is -2.17. The SMILES string of the molecule is CNCCC(OC(C)=O)c1ccc(Cl)cc1. The Morgan fingerprint density at radius 2 is 2.06 bits per heavy atom. The molecule has 0 bridgehead atoms. The van der Waals surface area contributed by atoms with E-state index in [4.69, 9.17) is 16.3 Å². The fourth-order valence-corrected chi connectivity index (χ4v) is 1.57. The van der Waals surface area contributed by atoms with Gasteiger partial charge in [-0.1, -0.05) is 23.7 Å². The molecule has 0 aliphatic carbocycles. The van der Waals surface area contributed by atoms with Crippen molar-refractivity contribution in [2.24, 2.45) is 0 Å². The Hall–Kier alpha value is -1.06. The topological polar surface area (TPSA) is 38.3 Å². The van der Waals surface area contributed by atoms with Crippen LogP contribution in [0.5, 0.6) is 0 Å². The summed E-state index contributed by atoms with van der Waals surface area (Å²) >= 11 is 5.81. The molecule has 0 spiro atoms. The van der Waals surface area contributed by atoms with Crippen LogP contribution in [-0.2, 0) is 9.53 Å². The third kappa shape index (κ3) is 4.21. The van der Waals surface area contributed by atoms with Gasteiger partial charge in [-0.15, -0.1) is 0 Å². The second-order valence-corrected chi connectivity index (χ2v) is 3.98. The minimum absolute atomic E-state index is 0.206. The number of hydrogen-bond donors (Lipinski definition) is 1. The molecule has 0 aromatic heterocycles. The van der Waals surface area contributed by atoms with Crippen LogP contribution < -0.4 is 5.32 Å². The predicted octanol–water partition coefficient (Wildman–Crippen LogP) is 2.55. The molecule has 0 radical (unpaired) electrons. The van der Waals surface area contributed by atoms with Crippen LogP contribution >= 0.6 is 11.6 Å². The first kappa shape index (κ1) is 13.0. The fourth-order valence-electron chi connectivity index (χ4n) is 1.45. The summed E-state index contributed by atoms with van der Waals surface area (Å²) in [5, 5.41) is 3.71. The van der Waals surface area contributed by atoms with Gasteiger partial charge in [-0.2, -0.15) is 0 Å². The molecule has 0 saturated heterocycles. The van der Waals surface area contributed by atoms with Crippen molar-refractivity contribution in [3.63, 3.8) is 0 Å². The smallest absolute Gasteiger partial charge is 0.303 e. The summed E-state index contributed by atoms with van der Waals surface area (Å²) in [6.45, 7) is 2.21. The van der Waals surface area contributed by atoms with E-state index < -0.39 is 0 Å². The molecule has 1 aromatic rings. The third-order valence-electron chi connectivity index (χ3n) is 2.21. The Kier molecular flexibility index (Phi) is 5.29. The molecule has 3 nitrogen and oxygen atoms in total. The van der Waals surface area contributed by atoms with Gasteiger partial charge in [-0.05, 0) is 31.3 Å². The van der Waals surface area contributed by atoms with Crippen molar-refractivity contribution in [3.8, 4) is 0 Å². The first-order chi connectivity index (χ1) is 7.63. The Balaban J connectivity index is 2.74. The number of carbonyl (C=O) groups is 1. The summed E-state index contributed by atoms with van der Waals surface area (Å²) < 4.78 is 5.26. The normalized spacial score (nSPS) is 12.2. The van der Waals surface area contributed by atoms with Gasteiger partial charge in [0.25, 0.3) is 0 Å². The summed E-state index contributed by atoms with van der Waals surface area (Å²) in [5.41, 5.74) is 0.967. The minimum atomic E-state index is -0.268. The summed E-state index contributed by atoms with van der Waals surface area (Å²) in [5.74, 6) is -0.268. The highest BCUT2D eigenvalue weighted by molar-refractivity contribution is 6.30. The Morgan fingerprint density at radius 3 is 2.56 bits per heavy atom.